The summed E-state index contributed by atoms with van der Waals surface area (Å²) >= 11 is 0. The molecule has 0 aliphatic rings. The fourth-order valence-electron chi connectivity index (χ4n) is 12.7. The number of aliphatic hydroxyl groups is 1. The average Bonchev–Trinajstić information content (AvgIpc) is 0.908. The second-order valence-electron chi connectivity index (χ2n) is 31.3. The summed E-state index contributed by atoms with van der Waals surface area (Å²) < 4.78 is 68.7. The largest absolute Gasteiger partial charge is 0.472 e. The number of hydrogen-bond donors (Lipinski definition) is 3. The second-order valence-corrected chi connectivity index (χ2v) is 34.2. The highest BCUT2D eigenvalue weighted by Gasteiger charge is 2.30. The van der Waals surface area contributed by atoms with Gasteiger partial charge in [0.1, 0.15) is 19.3 Å². The van der Waals surface area contributed by atoms with Crippen molar-refractivity contribution in [2.45, 2.75) is 446 Å². The highest BCUT2D eigenvalue weighted by molar-refractivity contribution is 7.47. The quantitative estimate of drug-likeness (QED) is 0.0222. The maximum Gasteiger partial charge on any atom is 0.472 e. The van der Waals surface area contributed by atoms with Crippen LogP contribution in [0.4, 0.5) is 0 Å². The third-order valence-electron chi connectivity index (χ3n) is 20.0. The standard InChI is InChI=1S/C83H162O17P2/c1-9-75(7)61-53-45-37-29-25-21-17-13-11-12-14-18-22-26-30-39-47-55-63-80(85)93-69-78(99-82(87)65-57-49-40-31-27-23-19-15-16-20-24-28-35-43-51-59-73(3)4)71-97-101(89,90)95-67-77(84)68-96-102(91,92)98-72-79(70-94-81(86)64-56-48-42-34-36-44-52-60-74(5)6)100-83(88)66-58-50-41-33-32-38-46-54-62-76(8)10-2/h73-79,84H,9-72H2,1-8H3,(H,89,90)(H,91,92)/t75?,76?,77?,78-,79-/m1/s1. The molecule has 102 heavy (non-hydrogen) atoms. The van der Waals surface area contributed by atoms with E-state index in [1.54, 1.807) is 0 Å². The van der Waals surface area contributed by atoms with Gasteiger partial charge >= 0.3 is 39.5 Å². The summed E-state index contributed by atoms with van der Waals surface area (Å²) in [6.07, 6.45) is 59.8. The zero-order valence-electron chi connectivity index (χ0n) is 67.2. The molecule has 0 fully saturated rings. The molecule has 0 heterocycles. The first-order valence-electron chi connectivity index (χ1n) is 42.8. The second kappa shape index (κ2) is 72.0. The summed E-state index contributed by atoms with van der Waals surface area (Å²) in [5, 5.41) is 10.6. The Labute approximate surface area is 626 Å². The molecule has 7 atom stereocenters. The van der Waals surface area contributed by atoms with Gasteiger partial charge in [0.25, 0.3) is 0 Å². The van der Waals surface area contributed by atoms with Crippen molar-refractivity contribution in [1.82, 2.24) is 0 Å². The molecule has 3 N–H and O–H groups in total. The first-order valence-corrected chi connectivity index (χ1v) is 45.8. The van der Waals surface area contributed by atoms with Gasteiger partial charge in [-0.3, -0.25) is 37.3 Å². The van der Waals surface area contributed by atoms with Crippen LogP contribution in [0.1, 0.15) is 428 Å². The van der Waals surface area contributed by atoms with Gasteiger partial charge in [-0.15, -0.1) is 0 Å². The third-order valence-corrected chi connectivity index (χ3v) is 21.9. The summed E-state index contributed by atoms with van der Waals surface area (Å²) in [7, 11) is -9.92. The first-order chi connectivity index (χ1) is 49.2. The minimum absolute atomic E-state index is 0.104. The SMILES string of the molecule is CCC(C)CCCCCCCCCCCCCCCCCCCCC(=O)OC[C@H](COP(=O)(O)OCC(O)COP(=O)(O)OC[C@@H](COC(=O)CCCCCCCCCC(C)C)OC(=O)CCCCCCCCCCC(C)CC)OC(=O)CCCCCCCCCCCCCCCCCC(C)C. The number of rotatable bonds is 80. The fraction of sp³-hybridized carbons (Fsp3) is 0.952. The van der Waals surface area contributed by atoms with E-state index >= 15 is 0 Å². The van der Waals surface area contributed by atoms with Gasteiger partial charge in [0, 0.05) is 25.7 Å². The van der Waals surface area contributed by atoms with Gasteiger partial charge in [-0.2, -0.15) is 0 Å². The number of phosphoric acid groups is 2. The molecule has 0 aromatic heterocycles. The van der Waals surface area contributed by atoms with E-state index < -0.39 is 97.5 Å². The molecule has 0 aromatic rings. The molecule has 0 spiro atoms. The van der Waals surface area contributed by atoms with E-state index in [1.807, 2.05) is 0 Å². The van der Waals surface area contributed by atoms with Crippen molar-refractivity contribution in [3.8, 4) is 0 Å². The van der Waals surface area contributed by atoms with Crippen LogP contribution in [0.25, 0.3) is 0 Å². The molecule has 19 heteroatoms. The zero-order chi connectivity index (χ0) is 75.3. The van der Waals surface area contributed by atoms with Crippen molar-refractivity contribution in [2.24, 2.45) is 23.7 Å². The summed E-state index contributed by atoms with van der Waals surface area (Å²) in [5.74, 6) is 1.04. The van der Waals surface area contributed by atoms with E-state index in [0.717, 1.165) is 114 Å². The predicted octanol–water partition coefficient (Wildman–Crippen LogP) is 24.8. The number of carbonyl (C=O) groups is 4. The number of aliphatic hydroxyl groups excluding tert-OH is 1. The van der Waals surface area contributed by atoms with E-state index in [9.17, 15) is 43.2 Å². The molecule has 606 valence electrons. The molecule has 0 aromatic carbocycles. The van der Waals surface area contributed by atoms with Gasteiger partial charge in [0.2, 0.25) is 0 Å². The van der Waals surface area contributed by atoms with Crippen molar-refractivity contribution >= 4 is 39.5 Å². The lowest BCUT2D eigenvalue weighted by molar-refractivity contribution is -0.161. The molecule has 0 bridgehead atoms. The number of esters is 4. The van der Waals surface area contributed by atoms with Crippen LogP contribution in [-0.2, 0) is 65.4 Å². The van der Waals surface area contributed by atoms with Crippen LogP contribution >= 0.6 is 15.6 Å². The zero-order valence-corrected chi connectivity index (χ0v) is 69.0. The van der Waals surface area contributed by atoms with Crippen LogP contribution in [0.3, 0.4) is 0 Å². The Morgan fingerprint density at radius 2 is 0.471 bits per heavy atom. The smallest absolute Gasteiger partial charge is 0.462 e. The Kier molecular flexibility index (Phi) is 70.6. The van der Waals surface area contributed by atoms with Gasteiger partial charge < -0.3 is 33.8 Å². The van der Waals surface area contributed by atoms with E-state index in [-0.39, 0.29) is 25.7 Å². The van der Waals surface area contributed by atoms with E-state index in [4.69, 9.17) is 37.0 Å². The molecule has 17 nitrogen and oxygen atoms in total. The molecule has 0 amide bonds. The lowest BCUT2D eigenvalue weighted by Gasteiger charge is -2.21. The predicted molar refractivity (Wildman–Crippen MR) is 418 cm³/mol. The topological polar surface area (TPSA) is 237 Å². The average molecular weight is 1490 g/mol. The Balaban J connectivity index is 5.21. The molecule has 5 unspecified atom stereocenters. The van der Waals surface area contributed by atoms with Crippen molar-refractivity contribution in [2.75, 3.05) is 39.6 Å². The number of phosphoric ester groups is 2. The molecular weight excluding hydrogens is 1330 g/mol. The van der Waals surface area contributed by atoms with Gasteiger partial charge in [-0.1, -0.05) is 376 Å². The van der Waals surface area contributed by atoms with E-state index in [1.165, 1.54) is 225 Å². The lowest BCUT2D eigenvalue weighted by atomic mass is 9.99. The van der Waals surface area contributed by atoms with Crippen LogP contribution in [-0.4, -0.2) is 96.7 Å². The number of hydrogen-bond acceptors (Lipinski definition) is 15. The highest BCUT2D eigenvalue weighted by Crippen LogP contribution is 2.45. The fourth-order valence-corrected chi connectivity index (χ4v) is 14.3. The Hall–Kier alpha value is -1.94. The lowest BCUT2D eigenvalue weighted by Crippen LogP contribution is -2.30. The molecule has 0 saturated heterocycles. The minimum Gasteiger partial charge on any atom is -0.462 e. The van der Waals surface area contributed by atoms with Crippen LogP contribution < -0.4 is 0 Å². The first kappa shape index (κ1) is 100. The van der Waals surface area contributed by atoms with Gasteiger partial charge in [-0.05, 0) is 49.4 Å². The number of ether oxygens (including phenoxy) is 4. The van der Waals surface area contributed by atoms with Crippen LogP contribution in [0.5, 0.6) is 0 Å². The normalized spacial score (nSPS) is 14.5. The van der Waals surface area contributed by atoms with Crippen molar-refractivity contribution in [3.63, 3.8) is 0 Å². The highest BCUT2D eigenvalue weighted by atomic mass is 31.2. The van der Waals surface area contributed by atoms with Crippen LogP contribution in [0.15, 0.2) is 0 Å². The molecule has 0 radical (unpaired) electrons. The Bertz CT molecular complexity index is 1990. The van der Waals surface area contributed by atoms with Crippen molar-refractivity contribution < 1.29 is 80.2 Å². The van der Waals surface area contributed by atoms with Crippen molar-refractivity contribution in [1.29, 1.82) is 0 Å². The maximum atomic E-state index is 13.1. The summed E-state index contributed by atoms with van der Waals surface area (Å²) in [6, 6.07) is 0. The van der Waals surface area contributed by atoms with Crippen molar-refractivity contribution in [3.05, 3.63) is 0 Å². The molecule has 0 rings (SSSR count). The van der Waals surface area contributed by atoms with Crippen LogP contribution in [0, 0.1) is 23.7 Å². The number of carbonyl (C=O) groups excluding carboxylic acids is 4. The molecular formula is C83H162O17P2. The Morgan fingerprint density at radius 3 is 0.696 bits per heavy atom. The monoisotopic (exact) mass is 1490 g/mol. The summed E-state index contributed by atoms with van der Waals surface area (Å²) in [6.45, 7) is 14.3. The van der Waals surface area contributed by atoms with Gasteiger partial charge in [0.15, 0.2) is 12.2 Å². The van der Waals surface area contributed by atoms with Gasteiger partial charge in [0.05, 0.1) is 26.4 Å². The summed E-state index contributed by atoms with van der Waals surface area (Å²) in [4.78, 5) is 73.0. The molecule has 0 aliphatic carbocycles. The van der Waals surface area contributed by atoms with E-state index in [0.29, 0.717) is 31.6 Å². The van der Waals surface area contributed by atoms with Gasteiger partial charge in [-0.25, -0.2) is 9.13 Å². The summed E-state index contributed by atoms with van der Waals surface area (Å²) in [5.41, 5.74) is 0. The molecule has 0 saturated carbocycles. The third kappa shape index (κ3) is 73.6. The van der Waals surface area contributed by atoms with Crippen LogP contribution in [0.2, 0.25) is 0 Å². The minimum atomic E-state index is -4.96. The number of unbranched alkanes of at least 4 members (excludes halogenated alkanes) is 44. The Morgan fingerprint density at radius 1 is 0.275 bits per heavy atom. The van der Waals surface area contributed by atoms with E-state index in [2.05, 4.69) is 55.4 Å². The maximum absolute atomic E-state index is 13.1. The molecule has 0 aliphatic heterocycles.